The standard InChI is InChI=1S/C15H19N3O3/c19-13-7-6-12(18-13)15(20)17-10-5-8-14(16-9-10)21-11-3-1-2-4-11/h5,8-9,11-12H,1-4,6-7H2,(H,17,20)(H,18,19). The molecule has 6 nitrogen and oxygen atoms in total. The maximum Gasteiger partial charge on any atom is 0.247 e. The number of nitrogens with zero attached hydrogens (tertiary/aromatic N) is 1. The van der Waals surface area contributed by atoms with E-state index in [0.717, 1.165) is 12.8 Å². The van der Waals surface area contributed by atoms with Gasteiger partial charge in [0, 0.05) is 12.5 Å². The first-order chi connectivity index (χ1) is 10.2. The van der Waals surface area contributed by atoms with Gasteiger partial charge in [-0.15, -0.1) is 0 Å². The maximum absolute atomic E-state index is 11.9. The minimum absolute atomic E-state index is 0.0754. The van der Waals surface area contributed by atoms with E-state index in [-0.39, 0.29) is 17.9 Å². The van der Waals surface area contributed by atoms with Crippen molar-refractivity contribution in [3.05, 3.63) is 18.3 Å². The first-order valence-electron chi connectivity index (χ1n) is 7.43. The Bertz CT molecular complexity index is 523. The molecule has 1 aliphatic carbocycles. The van der Waals surface area contributed by atoms with Crippen LogP contribution in [0.15, 0.2) is 18.3 Å². The van der Waals surface area contributed by atoms with Crippen molar-refractivity contribution in [2.75, 3.05) is 5.32 Å². The van der Waals surface area contributed by atoms with E-state index in [0.29, 0.717) is 24.4 Å². The van der Waals surface area contributed by atoms with Crippen LogP contribution in [0, 0.1) is 0 Å². The lowest BCUT2D eigenvalue weighted by molar-refractivity contribution is -0.122. The van der Waals surface area contributed by atoms with Crippen molar-refractivity contribution in [3.8, 4) is 5.88 Å². The molecule has 6 heteroatoms. The van der Waals surface area contributed by atoms with E-state index < -0.39 is 6.04 Å². The fraction of sp³-hybridized carbons (Fsp3) is 0.533. The second kappa shape index (κ2) is 6.11. The lowest BCUT2D eigenvalue weighted by Crippen LogP contribution is -2.37. The molecule has 0 bridgehead atoms. The van der Waals surface area contributed by atoms with Crippen LogP contribution < -0.4 is 15.4 Å². The van der Waals surface area contributed by atoms with Crippen molar-refractivity contribution in [3.63, 3.8) is 0 Å². The summed E-state index contributed by atoms with van der Waals surface area (Å²) in [6.45, 7) is 0. The van der Waals surface area contributed by atoms with Gasteiger partial charge in [0.15, 0.2) is 0 Å². The SMILES string of the molecule is O=C1CCC(C(=O)Nc2ccc(OC3CCCC3)nc2)N1. The molecule has 1 atom stereocenters. The zero-order chi connectivity index (χ0) is 14.7. The normalized spacial score (nSPS) is 22.1. The van der Waals surface area contributed by atoms with Crippen LogP contribution in [0.4, 0.5) is 5.69 Å². The second-order valence-electron chi connectivity index (χ2n) is 5.56. The molecule has 112 valence electrons. The average Bonchev–Trinajstić information content (AvgIpc) is 3.12. The Morgan fingerprint density at radius 1 is 1.29 bits per heavy atom. The summed E-state index contributed by atoms with van der Waals surface area (Å²) < 4.78 is 5.77. The predicted molar refractivity (Wildman–Crippen MR) is 76.9 cm³/mol. The molecule has 2 heterocycles. The number of carbonyl (C=O) groups is 2. The number of anilines is 1. The summed E-state index contributed by atoms with van der Waals surface area (Å²) in [4.78, 5) is 27.3. The number of carbonyl (C=O) groups excluding carboxylic acids is 2. The molecule has 2 aliphatic rings. The summed E-state index contributed by atoms with van der Waals surface area (Å²) in [7, 11) is 0. The number of rotatable bonds is 4. The molecule has 2 fully saturated rings. The molecular weight excluding hydrogens is 270 g/mol. The Morgan fingerprint density at radius 2 is 2.10 bits per heavy atom. The van der Waals surface area contributed by atoms with Gasteiger partial charge in [-0.25, -0.2) is 4.98 Å². The molecule has 1 unspecified atom stereocenters. The van der Waals surface area contributed by atoms with Crippen molar-refractivity contribution in [2.24, 2.45) is 0 Å². The summed E-state index contributed by atoms with van der Waals surface area (Å²) in [5.74, 6) is 0.315. The van der Waals surface area contributed by atoms with Gasteiger partial charge in [-0.2, -0.15) is 0 Å². The van der Waals surface area contributed by atoms with Crippen LogP contribution >= 0.6 is 0 Å². The Hall–Kier alpha value is -2.11. The van der Waals surface area contributed by atoms with Crippen LogP contribution in [0.2, 0.25) is 0 Å². The molecular formula is C15H19N3O3. The van der Waals surface area contributed by atoms with Gasteiger partial charge in [0.25, 0.3) is 0 Å². The van der Waals surface area contributed by atoms with Crippen LogP contribution in [0.25, 0.3) is 0 Å². The summed E-state index contributed by atoms with van der Waals surface area (Å²) in [5.41, 5.74) is 0.611. The Kier molecular flexibility index (Phi) is 4.03. The summed E-state index contributed by atoms with van der Waals surface area (Å²) >= 11 is 0. The third-order valence-electron chi connectivity index (χ3n) is 3.91. The van der Waals surface area contributed by atoms with E-state index in [1.807, 2.05) is 0 Å². The van der Waals surface area contributed by atoms with Gasteiger partial charge in [0.05, 0.1) is 11.9 Å². The van der Waals surface area contributed by atoms with Gasteiger partial charge in [-0.05, 0) is 38.2 Å². The summed E-state index contributed by atoms with van der Waals surface area (Å²) in [6.07, 6.45) is 7.40. The van der Waals surface area contributed by atoms with Gasteiger partial charge < -0.3 is 15.4 Å². The molecule has 0 radical (unpaired) electrons. The molecule has 1 aromatic heterocycles. The van der Waals surface area contributed by atoms with Crippen molar-refractivity contribution in [1.82, 2.24) is 10.3 Å². The molecule has 0 spiro atoms. The summed E-state index contributed by atoms with van der Waals surface area (Å²) in [6, 6.07) is 3.10. The van der Waals surface area contributed by atoms with Crippen LogP contribution in [0.1, 0.15) is 38.5 Å². The highest BCUT2D eigenvalue weighted by Gasteiger charge is 2.27. The molecule has 2 amide bonds. The lowest BCUT2D eigenvalue weighted by atomic mass is 10.2. The molecule has 1 aliphatic heterocycles. The van der Waals surface area contributed by atoms with E-state index in [2.05, 4.69) is 15.6 Å². The van der Waals surface area contributed by atoms with Crippen LogP contribution in [-0.4, -0.2) is 28.9 Å². The molecule has 3 rings (SSSR count). The largest absolute Gasteiger partial charge is 0.474 e. The third kappa shape index (κ3) is 3.51. The van der Waals surface area contributed by atoms with Crippen LogP contribution in [0.3, 0.4) is 0 Å². The first-order valence-corrected chi connectivity index (χ1v) is 7.43. The molecule has 1 aromatic rings. The van der Waals surface area contributed by atoms with Crippen molar-refractivity contribution in [2.45, 2.75) is 50.7 Å². The lowest BCUT2D eigenvalue weighted by Gasteiger charge is -2.13. The number of amides is 2. The molecule has 1 saturated carbocycles. The van der Waals surface area contributed by atoms with E-state index in [9.17, 15) is 9.59 Å². The molecule has 2 N–H and O–H groups in total. The smallest absolute Gasteiger partial charge is 0.247 e. The predicted octanol–water partition coefficient (Wildman–Crippen LogP) is 1.62. The number of pyridine rings is 1. The minimum atomic E-state index is -0.438. The van der Waals surface area contributed by atoms with Gasteiger partial charge in [0.1, 0.15) is 12.1 Å². The third-order valence-corrected chi connectivity index (χ3v) is 3.91. The van der Waals surface area contributed by atoms with Gasteiger partial charge >= 0.3 is 0 Å². The maximum atomic E-state index is 11.9. The number of ether oxygens (including phenoxy) is 1. The zero-order valence-corrected chi connectivity index (χ0v) is 11.8. The van der Waals surface area contributed by atoms with E-state index in [1.165, 1.54) is 12.8 Å². The monoisotopic (exact) mass is 289 g/mol. The van der Waals surface area contributed by atoms with E-state index in [1.54, 1.807) is 18.3 Å². The minimum Gasteiger partial charge on any atom is -0.474 e. The Morgan fingerprint density at radius 3 is 2.71 bits per heavy atom. The van der Waals surface area contributed by atoms with E-state index >= 15 is 0 Å². The highest BCUT2D eigenvalue weighted by atomic mass is 16.5. The van der Waals surface area contributed by atoms with Crippen molar-refractivity contribution < 1.29 is 14.3 Å². The Balaban J connectivity index is 1.54. The quantitative estimate of drug-likeness (QED) is 0.882. The van der Waals surface area contributed by atoms with E-state index in [4.69, 9.17) is 4.74 Å². The van der Waals surface area contributed by atoms with Gasteiger partial charge in [0.2, 0.25) is 17.7 Å². The number of hydrogen-bond donors (Lipinski definition) is 2. The molecule has 1 saturated heterocycles. The molecule has 21 heavy (non-hydrogen) atoms. The first kappa shape index (κ1) is 13.9. The van der Waals surface area contributed by atoms with Crippen molar-refractivity contribution in [1.29, 1.82) is 0 Å². The summed E-state index contributed by atoms with van der Waals surface area (Å²) in [5, 5.41) is 5.39. The number of aromatic nitrogens is 1. The average molecular weight is 289 g/mol. The second-order valence-corrected chi connectivity index (χ2v) is 5.56. The highest BCUT2D eigenvalue weighted by Crippen LogP contribution is 2.23. The highest BCUT2D eigenvalue weighted by molar-refractivity contribution is 5.98. The fourth-order valence-corrected chi connectivity index (χ4v) is 2.74. The van der Waals surface area contributed by atoms with Gasteiger partial charge in [-0.3, -0.25) is 9.59 Å². The number of hydrogen-bond acceptors (Lipinski definition) is 4. The number of nitrogens with one attached hydrogen (secondary N) is 2. The van der Waals surface area contributed by atoms with Crippen LogP contribution in [-0.2, 0) is 9.59 Å². The topological polar surface area (TPSA) is 80.3 Å². The zero-order valence-electron chi connectivity index (χ0n) is 11.8. The fourth-order valence-electron chi connectivity index (χ4n) is 2.74. The Labute approximate surface area is 123 Å². The van der Waals surface area contributed by atoms with Gasteiger partial charge in [-0.1, -0.05) is 0 Å². The molecule has 0 aromatic carbocycles. The van der Waals surface area contributed by atoms with Crippen molar-refractivity contribution >= 4 is 17.5 Å². The van der Waals surface area contributed by atoms with Crippen LogP contribution in [0.5, 0.6) is 5.88 Å².